The Labute approximate surface area is 254 Å². The molecule has 5 aromatic carbocycles. The predicted molar refractivity (Wildman–Crippen MR) is 182 cm³/mol. The summed E-state index contributed by atoms with van der Waals surface area (Å²) >= 11 is 1.88. The van der Waals surface area contributed by atoms with Gasteiger partial charge in [-0.15, -0.1) is 11.3 Å². The van der Waals surface area contributed by atoms with E-state index in [4.69, 9.17) is 0 Å². The third kappa shape index (κ3) is 4.70. The van der Waals surface area contributed by atoms with Crippen molar-refractivity contribution in [1.29, 1.82) is 0 Å². The molecule has 0 N–H and O–H groups in total. The molecule has 0 atom stereocenters. The zero-order valence-corrected chi connectivity index (χ0v) is 24.1. The smallest absolute Gasteiger partial charge is 0.0434 e. The lowest BCUT2D eigenvalue weighted by atomic mass is 9.93. The standard InChI is InChI=1S/C40H26N2S/c1-2-8-27(9-3-1)28-16-18-29(19-17-28)35-12-4-14-37-38-15-5-13-36(40(38)43-39(35)37)34-23-32(30-10-6-20-41-25-30)22-33(24-34)31-11-7-21-42-26-31/h1-26H. The molecule has 0 aliphatic rings. The average Bonchev–Trinajstić information content (AvgIpc) is 3.49. The highest BCUT2D eigenvalue weighted by Gasteiger charge is 2.15. The molecule has 0 aliphatic carbocycles. The van der Waals surface area contributed by atoms with Crippen molar-refractivity contribution in [2.45, 2.75) is 0 Å². The molecule has 3 heteroatoms. The van der Waals surface area contributed by atoms with Crippen LogP contribution in [0.3, 0.4) is 0 Å². The van der Waals surface area contributed by atoms with Gasteiger partial charge in [-0.1, -0.05) is 103 Å². The summed E-state index contributed by atoms with van der Waals surface area (Å²) in [5, 5.41) is 2.58. The molecule has 43 heavy (non-hydrogen) atoms. The van der Waals surface area contributed by atoms with E-state index < -0.39 is 0 Å². The van der Waals surface area contributed by atoms with Crippen LogP contribution in [-0.2, 0) is 0 Å². The van der Waals surface area contributed by atoms with Crippen molar-refractivity contribution in [1.82, 2.24) is 9.97 Å². The highest BCUT2D eigenvalue weighted by atomic mass is 32.1. The van der Waals surface area contributed by atoms with Crippen molar-refractivity contribution in [2.24, 2.45) is 0 Å². The molecule has 202 valence electrons. The molecule has 2 nitrogen and oxygen atoms in total. The summed E-state index contributed by atoms with van der Waals surface area (Å²) in [6.07, 6.45) is 7.50. The minimum atomic E-state index is 1.10. The lowest BCUT2D eigenvalue weighted by Gasteiger charge is -2.11. The lowest BCUT2D eigenvalue weighted by Crippen LogP contribution is -1.87. The molecule has 3 aromatic heterocycles. The first-order valence-electron chi connectivity index (χ1n) is 14.4. The van der Waals surface area contributed by atoms with Gasteiger partial charge in [0.25, 0.3) is 0 Å². The number of aromatic nitrogens is 2. The second kappa shape index (κ2) is 10.8. The fourth-order valence-electron chi connectivity index (χ4n) is 5.93. The molecule has 0 spiro atoms. The monoisotopic (exact) mass is 566 g/mol. The van der Waals surface area contributed by atoms with E-state index in [1.807, 2.05) is 48.3 Å². The minimum Gasteiger partial charge on any atom is -0.264 e. The van der Waals surface area contributed by atoms with E-state index in [-0.39, 0.29) is 0 Å². The van der Waals surface area contributed by atoms with Crippen LogP contribution in [0.25, 0.3) is 75.8 Å². The van der Waals surface area contributed by atoms with Gasteiger partial charge in [0, 0.05) is 56.1 Å². The van der Waals surface area contributed by atoms with Crippen LogP contribution in [0, 0.1) is 0 Å². The first-order chi connectivity index (χ1) is 21.3. The molecule has 0 bridgehead atoms. The third-order valence-corrected chi connectivity index (χ3v) is 9.35. The van der Waals surface area contributed by atoms with Crippen molar-refractivity contribution in [3.8, 4) is 55.6 Å². The Bertz CT molecular complexity index is 2140. The number of hydrogen-bond donors (Lipinski definition) is 0. The third-order valence-electron chi connectivity index (χ3n) is 8.06. The molecular formula is C40H26N2S. The van der Waals surface area contributed by atoms with Gasteiger partial charge in [0.15, 0.2) is 0 Å². The lowest BCUT2D eigenvalue weighted by molar-refractivity contribution is 1.32. The van der Waals surface area contributed by atoms with Gasteiger partial charge in [-0.05, 0) is 74.8 Å². The van der Waals surface area contributed by atoms with Gasteiger partial charge in [0.1, 0.15) is 0 Å². The van der Waals surface area contributed by atoms with Gasteiger partial charge in [-0.2, -0.15) is 0 Å². The second-order valence-electron chi connectivity index (χ2n) is 10.7. The molecule has 8 aromatic rings. The van der Waals surface area contributed by atoms with Crippen LogP contribution < -0.4 is 0 Å². The minimum absolute atomic E-state index is 1.10. The topological polar surface area (TPSA) is 25.8 Å². The van der Waals surface area contributed by atoms with Gasteiger partial charge in [0.2, 0.25) is 0 Å². The average molecular weight is 567 g/mol. The molecule has 0 aliphatic heterocycles. The van der Waals surface area contributed by atoms with Crippen molar-refractivity contribution < 1.29 is 0 Å². The molecular weight excluding hydrogens is 541 g/mol. The Kier molecular flexibility index (Phi) is 6.36. The zero-order chi connectivity index (χ0) is 28.6. The molecule has 0 fully saturated rings. The fourth-order valence-corrected chi connectivity index (χ4v) is 7.30. The highest BCUT2D eigenvalue weighted by Crippen LogP contribution is 2.45. The van der Waals surface area contributed by atoms with Crippen LogP contribution >= 0.6 is 11.3 Å². The fraction of sp³-hybridized carbons (Fsp3) is 0. The van der Waals surface area contributed by atoms with Gasteiger partial charge in [-0.25, -0.2) is 0 Å². The van der Waals surface area contributed by atoms with Crippen molar-refractivity contribution in [2.75, 3.05) is 0 Å². The Balaban J connectivity index is 1.29. The van der Waals surface area contributed by atoms with Crippen molar-refractivity contribution in [3.05, 3.63) is 158 Å². The zero-order valence-electron chi connectivity index (χ0n) is 23.3. The van der Waals surface area contributed by atoms with Gasteiger partial charge >= 0.3 is 0 Å². The van der Waals surface area contributed by atoms with Gasteiger partial charge < -0.3 is 0 Å². The van der Waals surface area contributed by atoms with Gasteiger partial charge in [-0.3, -0.25) is 9.97 Å². The maximum Gasteiger partial charge on any atom is 0.0434 e. The van der Waals surface area contributed by atoms with Crippen LogP contribution in [0.4, 0.5) is 0 Å². The number of benzene rings is 5. The van der Waals surface area contributed by atoms with E-state index in [0.29, 0.717) is 0 Å². The number of fused-ring (bicyclic) bond motifs is 3. The predicted octanol–water partition coefficient (Wildman–Crippen LogP) is 11.2. The summed E-state index contributed by atoms with van der Waals surface area (Å²) in [4.78, 5) is 8.79. The largest absolute Gasteiger partial charge is 0.264 e. The Morgan fingerprint density at radius 3 is 1.40 bits per heavy atom. The quantitative estimate of drug-likeness (QED) is 0.207. The van der Waals surface area contributed by atoms with Crippen molar-refractivity contribution in [3.63, 3.8) is 0 Å². The highest BCUT2D eigenvalue weighted by molar-refractivity contribution is 7.26. The molecule has 0 unspecified atom stereocenters. The molecule has 0 saturated heterocycles. The van der Waals surface area contributed by atoms with Crippen LogP contribution in [0.15, 0.2) is 158 Å². The van der Waals surface area contributed by atoms with Crippen LogP contribution in [0.5, 0.6) is 0 Å². The molecule has 0 amide bonds. The maximum absolute atomic E-state index is 4.40. The Hall–Kier alpha value is -5.38. The van der Waals surface area contributed by atoms with Crippen LogP contribution in [-0.4, -0.2) is 9.97 Å². The molecule has 0 saturated carbocycles. The summed E-state index contributed by atoms with van der Waals surface area (Å²) in [5.74, 6) is 0. The number of rotatable bonds is 5. The maximum atomic E-state index is 4.40. The van der Waals surface area contributed by atoms with Gasteiger partial charge in [0.05, 0.1) is 0 Å². The van der Waals surface area contributed by atoms with E-state index in [1.165, 1.54) is 53.6 Å². The second-order valence-corrected chi connectivity index (χ2v) is 11.7. The summed E-state index contributed by atoms with van der Waals surface area (Å²) in [7, 11) is 0. The van der Waals surface area contributed by atoms with E-state index in [2.05, 4.69) is 131 Å². The van der Waals surface area contributed by atoms with Crippen LogP contribution in [0.1, 0.15) is 0 Å². The van der Waals surface area contributed by atoms with E-state index in [9.17, 15) is 0 Å². The number of pyridine rings is 2. The summed E-state index contributed by atoms with van der Waals surface area (Å²) in [5.41, 5.74) is 11.9. The van der Waals surface area contributed by atoms with Crippen LogP contribution in [0.2, 0.25) is 0 Å². The molecule has 3 heterocycles. The SMILES string of the molecule is c1ccc(-c2ccc(-c3cccc4c3sc3c(-c5cc(-c6cccnc6)cc(-c6cccnc6)c5)cccc34)cc2)cc1. The Morgan fingerprint density at radius 1 is 0.349 bits per heavy atom. The number of hydrogen-bond acceptors (Lipinski definition) is 3. The first-order valence-corrected chi connectivity index (χ1v) is 15.2. The van der Waals surface area contributed by atoms with Crippen molar-refractivity contribution >= 4 is 31.5 Å². The summed E-state index contributed by atoms with van der Waals surface area (Å²) < 4.78 is 2.61. The van der Waals surface area contributed by atoms with E-state index in [0.717, 1.165) is 22.3 Å². The summed E-state index contributed by atoms with van der Waals surface area (Å²) in [6.45, 7) is 0. The molecule has 0 radical (unpaired) electrons. The summed E-state index contributed by atoms with van der Waals surface area (Å²) in [6, 6.07) is 47.9. The Morgan fingerprint density at radius 2 is 0.837 bits per heavy atom. The number of nitrogens with zero attached hydrogens (tertiary/aromatic N) is 2. The number of thiophene rings is 1. The van der Waals surface area contributed by atoms with E-state index in [1.54, 1.807) is 0 Å². The first kappa shape index (κ1) is 25.3. The molecule has 8 rings (SSSR count). The van der Waals surface area contributed by atoms with E-state index >= 15 is 0 Å². The normalized spacial score (nSPS) is 11.3.